The molecule has 0 heterocycles. The van der Waals surface area contributed by atoms with E-state index in [9.17, 15) is 24.0 Å². The monoisotopic (exact) mass is 606 g/mol. The lowest BCUT2D eigenvalue weighted by atomic mass is 10.0. The number of ether oxygens (including phenoxy) is 2. The van der Waals surface area contributed by atoms with Gasteiger partial charge in [-0.1, -0.05) is 58.0 Å². The number of carbonyl (C=O) groups is 5. The molecular weight excluding hydrogens is 556 g/mol. The predicted molar refractivity (Wildman–Crippen MR) is 162 cm³/mol. The Morgan fingerprint density at radius 3 is 2.00 bits per heavy atom. The van der Waals surface area contributed by atoms with E-state index < -0.39 is 53.6 Å². The number of unbranched alkanes of at least 4 members (excludes halogenated alkanes) is 1. The van der Waals surface area contributed by atoms with Crippen LogP contribution in [0.1, 0.15) is 79.7 Å². The highest BCUT2D eigenvalue weighted by atomic mass is 16.6. The van der Waals surface area contributed by atoms with Crippen molar-refractivity contribution < 1.29 is 33.4 Å². The predicted octanol–water partition coefficient (Wildman–Crippen LogP) is 2.64. The summed E-state index contributed by atoms with van der Waals surface area (Å²) in [5, 5.41) is 10.7. The van der Waals surface area contributed by atoms with Gasteiger partial charge in [0, 0.05) is 6.54 Å². The van der Waals surface area contributed by atoms with E-state index in [1.165, 1.54) is 0 Å². The van der Waals surface area contributed by atoms with Gasteiger partial charge in [0.15, 0.2) is 0 Å². The van der Waals surface area contributed by atoms with E-state index in [-0.39, 0.29) is 31.4 Å². The van der Waals surface area contributed by atoms with Crippen molar-refractivity contribution >= 4 is 29.9 Å². The molecule has 0 aliphatic rings. The summed E-state index contributed by atoms with van der Waals surface area (Å²) < 4.78 is 10.5. The summed E-state index contributed by atoms with van der Waals surface area (Å²) in [6, 6.07) is 6.37. The third-order valence-corrected chi connectivity index (χ3v) is 6.14. The lowest BCUT2D eigenvalue weighted by molar-refractivity contribution is -0.133. The number of rotatable bonds is 16. The van der Waals surface area contributed by atoms with Gasteiger partial charge in [0.2, 0.25) is 11.8 Å². The van der Waals surface area contributed by atoms with Gasteiger partial charge < -0.3 is 30.7 Å². The fourth-order valence-electron chi connectivity index (χ4n) is 4.01. The average Bonchev–Trinajstić information content (AvgIpc) is 2.92. The summed E-state index contributed by atoms with van der Waals surface area (Å²) in [5.41, 5.74) is 2.17. The van der Waals surface area contributed by atoms with Gasteiger partial charge in [-0.05, 0) is 63.9 Å². The molecule has 5 amide bonds. The number of amides is 5. The molecular formula is C30H50N6O7. The fraction of sp³-hybridized carbons (Fsp3) is 0.633. The van der Waals surface area contributed by atoms with Gasteiger partial charge in [-0.3, -0.25) is 19.8 Å². The summed E-state index contributed by atoms with van der Waals surface area (Å²) in [7, 11) is 0. The number of nitrogens with one attached hydrogen (secondary N) is 5. The summed E-state index contributed by atoms with van der Waals surface area (Å²) in [6.45, 7) is 12.9. The quantitative estimate of drug-likeness (QED) is 0.0716. The van der Waals surface area contributed by atoms with E-state index in [0.29, 0.717) is 19.3 Å². The second-order valence-corrected chi connectivity index (χ2v) is 12.1. The topological polar surface area (TPSA) is 190 Å². The van der Waals surface area contributed by atoms with Crippen molar-refractivity contribution in [2.24, 2.45) is 17.7 Å². The van der Waals surface area contributed by atoms with Crippen molar-refractivity contribution in [2.45, 2.75) is 104 Å². The van der Waals surface area contributed by atoms with E-state index in [0.717, 1.165) is 5.56 Å². The minimum absolute atomic E-state index is 0.0757. The van der Waals surface area contributed by atoms with Crippen LogP contribution in [-0.2, 0) is 30.5 Å². The third-order valence-electron chi connectivity index (χ3n) is 6.14. The molecule has 0 unspecified atom stereocenters. The lowest BCUT2D eigenvalue weighted by Crippen LogP contribution is -2.58. The molecule has 0 fully saturated rings. The molecule has 0 radical (unpaired) electrons. The normalized spacial score (nSPS) is 13.3. The van der Waals surface area contributed by atoms with Crippen molar-refractivity contribution in [1.82, 2.24) is 26.7 Å². The van der Waals surface area contributed by atoms with Crippen LogP contribution in [-0.4, -0.2) is 60.2 Å². The maximum atomic E-state index is 13.3. The zero-order valence-electron chi connectivity index (χ0n) is 26.5. The van der Waals surface area contributed by atoms with E-state index >= 15 is 0 Å². The van der Waals surface area contributed by atoms with Crippen LogP contribution in [0.5, 0.6) is 0 Å². The first-order valence-corrected chi connectivity index (χ1v) is 14.7. The number of nitrogens with two attached hydrogens (primary N) is 1. The Balaban J connectivity index is 2.87. The highest BCUT2D eigenvalue weighted by molar-refractivity contribution is 5.93. The Kier molecular flexibility index (Phi) is 16.1. The van der Waals surface area contributed by atoms with Crippen LogP contribution in [0.15, 0.2) is 30.3 Å². The van der Waals surface area contributed by atoms with Crippen LogP contribution in [0.2, 0.25) is 0 Å². The first-order valence-electron chi connectivity index (χ1n) is 14.7. The van der Waals surface area contributed by atoms with Crippen molar-refractivity contribution in [3.8, 4) is 0 Å². The van der Waals surface area contributed by atoms with Gasteiger partial charge >= 0.3 is 12.2 Å². The van der Waals surface area contributed by atoms with Gasteiger partial charge in [0.25, 0.3) is 5.91 Å². The van der Waals surface area contributed by atoms with Gasteiger partial charge in [-0.2, -0.15) is 0 Å². The second-order valence-electron chi connectivity index (χ2n) is 12.1. The second kappa shape index (κ2) is 18.6. The molecule has 1 aromatic carbocycles. The number of carbonyl (C=O) groups excluding carboxylic acids is 5. The third kappa shape index (κ3) is 15.8. The van der Waals surface area contributed by atoms with E-state index in [4.69, 9.17) is 15.3 Å². The molecule has 242 valence electrons. The van der Waals surface area contributed by atoms with Gasteiger partial charge in [0.1, 0.15) is 30.3 Å². The molecule has 0 spiro atoms. The number of alkyl carbamates (subject to hydrolysis) is 2. The zero-order valence-corrected chi connectivity index (χ0v) is 26.5. The highest BCUT2D eigenvalue weighted by Crippen LogP contribution is 2.11. The van der Waals surface area contributed by atoms with Gasteiger partial charge in [-0.25, -0.2) is 15.4 Å². The Labute approximate surface area is 254 Å². The zero-order chi connectivity index (χ0) is 32.6. The summed E-state index contributed by atoms with van der Waals surface area (Å²) in [6.07, 6.45) is 0.143. The molecule has 7 N–H and O–H groups in total. The van der Waals surface area contributed by atoms with Crippen LogP contribution in [0.3, 0.4) is 0 Å². The molecule has 0 aromatic heterocycles. The average molecular weight is 607 g/mol. The van der Waals surface area contributed by atoms with Crippen LogP contribution in [0, 0.1) is 11.8 Å². The van der Waals surface area contributed by atoms with Crippen molar-refractivity contribution in [2.75, 3.05) is 6.54 Å². The SMILES string of the molecule is CC(C)C[C@H](NC(=O)[C@H](CCCCNC(=O)OCc1ccccc1)NC(=O)[C@@H](NC(=O)OC(C)(C)C)C(C)C)C(=O)NN. The largest absolute Gasteiger partial charge is 0.445 e. The van der Waals surface area contributed by atoms with E-state index in [2.05, 4.69) is 26.7 Å². The first kappa shape index (κ1) is 37.2. The molecule has 43 heavy (non-hydrogen) atoms. The molecule has 0 aliphatic heterocycles. The number of hydrogen-bond donors (Lipinski definition) is 6. The number of hydrogen-bond acceptors (Lipinski definition) is 8. The standard InChI is InChI=1S/C30H50N6O7/c1-19(2)17-23(26(38)36-31)34-25(37)22(33-27(39)24(20(3)4)35-29(41)43-30(5,6)7)15-11-12-16-32-28(40)42-18-21-13-9-8-10-14-21/h8-10,13-14,19-20,22-24H,11-12,15-18,31H2,1-7H3,(H,32,40)(H,33,39)(H,34,37)(H,35,41)(H,36,38)/t22-,23-,24-/m0/s1. The van der Waals surface area contributed by atoms with Crippen LogP contribution >= 0.6 is 0 Å². The van der Waals surface area contributed by atoms with Gasteiger partial charge in [-0.15, -0.1) is 0 Å². The molecule has 0 bridgehead atoms. The summed E-state index contributed by atoms with van der Waals surface area (Å²) in [4.78, 5) is 63.4. The lowest BCUT2D eigenvalue weighted by Gasteiger charge is -2.28. The molecule has 13 nitrogen and oxygen atoms in total. The minimum Gasteiger partial charge on any atom is -0.445 e. The maximum absolute atomic E-state index is 13.3. The van der Waals surface area contributed by atoms with Gasteiger partial charge in [0.05, 0.1) is 0 Å². The Hall–Kier alpha value is -3.87. The minimum atomic E-state index is -1.03. The van der Waals surface area contributed by atoms with E-state index in [1.807, 2.05) is 44.2 Å². The van der Waals surface area contributed by atoms with Crippen LogP contribution < -0.4 is 32.5 Å². The Morgan fingerprint density at radius 2 is 1.44 bits per heavy atom. The summed E-state index contributed by atoms with van der Waals surface area (Å²) >= 11 is 0. The number of hydrazine groups is 1. The van der Waals surface area contributed by atoms with Crippen LogP contribution in [0.25, 0.3) is 0 Å². The molecule has 3 atom stereocenters. The number of benzene rings is 1. The van der Waals surface area contributed by atoms with Crippen molar-refractivity contribution in [1.29, 1.82) is 0 Å². The van der Waals surface area contributed by atoms with Crippen LogP contribution in [0.4, 0.5) is 9.59 Å². The molecule has 0 aliphatic carbocycles. The Morgan fingerprint density at radius 1 is 0.814 bits per heavy atom. The van der Waals surface area contributed by atoms with Crippen molar-refractivity contribution in [3.05, 3.63) is 35.9 Å². The molecule has 1 rings (SSSR count). The maximum Gasteiger partial charge on any atom is 0.408 e. The van der Waals surface area contributed by atoms with Crippen molar-refractivity contribution in [3.63, 3.8) is 0 Å². The highest BCUT2D eigenvalue weighted by Gasteiger charge is 2.32. The summed E-state index contributed by atoms with van der Waals surface area (Å²) in [5.74, 6) is 3.37. The fourth-order valence-corrected chi connectivity index (χ4v) is 4.01. The smallest absolute Gasteiger partial charge is 0.408 e. The molecule has 0 saturated carbocycles. The Bertz CT molecular complexity index is 1040. The molecule has 13 heteroatoms. The molecule has 0 saturated heterocycles. The van der Waals surface area contributed by atoms with E-state index in [1.54, 1.807) is 34.6 Å². The molecule has 1 aromatic rings. The first-order chi connectivity index (χ1) is 20.1.